The lowest BCUT2D eigenvalue weighted by molar-refractivity contribution is -0.139. The van der Waals surface area contributed by atoms with Crippen molar-refractivity contribution in [2.24, 2.45) is 11.7 Å². The van der Waals surface area contributed by atoms with E-state index in [9.17, 15) is 14.4 Å². The quantitative estimate of drug-likeness (QED) is 0.171. The molecule has 1 heterocycles. The Morgan fingerprint density at radius 2 is 1.93 bits per heavy atom. The molecule has 2 unspecified atom stereocenters. The lowest BCUT2D eigenvalue weighted by Gasteiger charge is -2.14. The number of guanidine groups is 1. The Bertz CT molecular complexity index is 515. The normalized spacial score (nSPS) is 16.9. The Labute approximate surface area is 166 Å². The predicted octanol–water partition coefficient (Wildman–Crippen LogP) is 1.41. The van der Waals surface area contributed by atoms with Gasteiger partial charge in [0.1, 0.15) is 6.04 Å². The molecule has 0 bridgehead atoms. The van der Waals surface area contributed by atoms with E-state index >= 15 is 0 Å². The van der Waals surface area contributed by atoms with Crippen LogP contribution in [0, 0.1) is 11.3 Å². The molecule has 0 aromatic rings. The minimum atomic E-state index is -1.12. The Morgan fingerprint density at radius 1 is 1.25 bits per heavy atom. The second-order valence-corrected chi connectivity index (χ2v) is 6.70. The molecule has 0 aromatic heterocycles. The predicted molar refractivity (Wildman–Crippen MR) is 106 cm³/mol. The number of carbonyl (C=O) groups is 3. The van der Waals surface area contributed by atoms with Gasteiger partial charge < -0.3 is 26.6 Å². The molecule has 0 saturated carbocycles. The molecular weight excluding hydrogens is 366 g/mol. The summed E-state index contributed by atoms with van der Waals surface area (Å²) in [5.74, 6) is -1.19. The first kappa shape index (κ1) is 25.6. The molecule has 0 radical (unpaired) electrons. The summed E-state index contributed by atoms with van der Waals surface area (Å²) >= 11 is 0. The van der Waals surface area contributed by atoms with Gasteiger partial charge in [-0.1, -0.05) is 26.7 Å². The Kier molecular flexibility index (Phi) is 13.4. The number of carboxylic acids is 1. The van der Waals surface area contributed by atoms with E-state index in [4.69, 9.17) is 21.4 Å². The molecule has 1 aliphatic rings. The van der Waals surface area contributed by atoms with Crippen LogP contribution in [0.4, 0.5) is 4.79 Å². The van der Waals surface area contributed by atoms with Gasteiger partial charge in [0, 0.05) is 19.0 Å². The van der Waals surface area contributed by atoms with Crippen LogP contribution in [0.15, 0.2) is 0 Å². The van der Waals surface area contributed by atoms with Crippen molar-refractivity contribution in [1.82, 2.24) is 15.5 Å². The lowest BCUT2D eigenvalue weighted by Crippen LogP contribution is -2.38. The molecule has 0 spiro atoms. The van der Waals surface area contributed by atoms with Crippen LogP contribution in [0.25, 0.3) is 0 Å². The summed E-state index contributed by atoms with van der Waals surface area (Å²) in [4.78, 5) is 33.3. The number of hydrogen-bond acceptors (Lipinski definition) is 5. The molecule has 1 saturated heterocycles. The molecule has 162 valence electrons. The number of carboxylic acid groups (broad SMARTS) is 2. The van der Waals surface area contributed by atoms with Crippen LogP contribution in [-0.2, 0) is 9.59 Å². The van der Waals surface area contributed by atoms with Crippen LogP contribution in [0.1, 0.15) is 58.8 Å². The van der Waals surface area contributed by atoms with Crippen molar-refractivity contribution in [2.45, 2.75) is 64.8 Å². The molecule has 2 amide bonds. The van der Waals surface area contributed by atoms with E-state index in [1.807, 2.05) is 6.92 Å². The SMILES string of the molecule is CCC1CCN(C(=O)O)C1=O.CCCCCNC(CCCNC(=N)N)C(=O)O. The average Bonchev–Trinajstić information content (AvgIpc) is 3.01. The number of amides is 2. The molecular formula is C18H35N5O5. The van der Waals surface area contributed by atoms with Crippen LogP contribution in [-0.4, -0.2) is 64.7 Å². The standard InChI is InChI=1S/C11H24N4O2.C7H11NO3/c1-2-3-4-7-14-9(10(16)17)6-5-8-15-11(12)13;1-2-5-3-4-8(6(5)9)7(10)11/h9,14H,2-8H2,1H3,(H,16,17)(H4,12,13,15);5H,2-4H2,1H3,(H,10,11). The van der Waals surface area contributed by atoms with Gasteiger partial charge >= 0.3 is 12.1 Å². The first-order valence-corrected chi connectivity index (χ1v) is 9.82. The highest BCUT2D eigenvalue weighted by atomic mass is 16.4. The Balaban J connectivity index is 0.000000567. The summed E-state index contributed by atoms with van der Waals surface area (Å²) in [7, 11) is 0. The molecule has 10 nitrogen and oxygen atoms in total. The van der Waals surface area contributed by atoms with Gasteiger partial charge in [0.05, 0.1) is 0 Å². The molecule has 28 heavy (non-hydrogen) atoms. The zero-order chi connectivity index (χ0) is 21.5. The minimum Gasteiger partial charge on any atom is -0.480 e. The topological polar surface area (TPSA) is 169 Å². The van der Waals surface area contributed by atoms with Crippen molar-refractivity contribution in [3.05, 3.63) is 0 Å². The Hall–Kier alpha value is -2.36. The molecule has 0 aromatic carbocycles. The van der Waals surface area contributed by atoms with Crippen molar-refractivity contribution in [3.63, 3.8) is 0 Å². The number of likely N-dealkylation sites (tertiary alicyclic amines) is 1. The fraction of sp³-hybridized carbons (Fsp3) is 0.778. The number of nitrogens with one attached hydrogen (secondary N) is 3. The van der Waals surface area contributed by atoms with Crippen molar-refractivity contribution in [2.75, 3.05) is 19.6 Å². The number of aliphatic carboxylic acids is 1. The number of imide groups is 1. The van der Waals surface area contributed by atoms with E-state index in [0.717, 1.165) is 37.1 Å². The van der Waals surface area contributed by atoms with Crippen molar-refractivity contribution < 1.29 is 24.6 Å². The van der Waals surface area contributed by atoms with Gasteiger partial charge in [0.2, 0.25) is 5.91 Å². The second-order valence-electron chi connectivity index (χ2n) is 6.70. The maximum absolute atomic E-state index is 11.1. The summed E-state index contributed by atoms with van der Waals surface area (Å²) in [6, 6.07) is -0.499. The molecule has 0 aliphatic carbocycles. The number of hydrogen-bond donors (Lipinski definition) is 6. The molecule has 2 atom stereocenters. The van der Waals surface area contributed by atoms with Gasteiger partial charge in [-0.2, -0.15) is 0 Å². The lowest BCUT2D eigenvalue weighted by atomic mass is 10.1. The monoisotopic (exact) mass is 401 g/mol. The first-order chi connectivity index (χ1) is 13.2. The van der Waals surface area contributed by atoms with Crippen molar-refractivity contribution in [1.29, 1.82) is 5.41 Å². The van der Waals surface area contributed by atoms with Crippen LogP contribution in [0.3, 0.4) is 0 Å². The molecule has 7 N–H and O–H groups in total. The average molecular weight is 402 g/mol. The zero-order valence-corrected chi connectivity index (χ0v) is 16.9. The maximum atomic E-state index is 11.1. The third kappa shape index (κ3) is 10.7. The van der Waals surface area contributed by atoms with Crippen LogP contribution in [0.5, 0.6) is 0 Å². The molecule has 1 aliphatic heterocycles. The molecule has 10 heteroatoms. The van der Waals surface area contributed by atoms with E-state index < -0.39 is 18.1 Å². The van der Waals surface area contributed by atoms with Gasteiger partial charge in [0.15, 0.2) is 5.96 Å². The van der Waals surface area contributed by atoms with E-state index in [1.54, 1.807) is 0 Å². The highest BCUT2D eigenvalue weighted by molar-refractivity contribution is 5.94. The number of nitrogens with zero attached hydrogens (tertiary/aromatic N) is 1. The van der Waals surface area contributed by atoms with E-state index in [2.05, 4.69) is 17.6 Å². The fourth-order valence-electron chi connectivity index (χ4n) is 2.80. The van der Waals surface area contributed by atoms with Crippen LogP contribution < -0.4 is 16.4 Å². The van der Waals surface area contributed by atoms with Crippen LogP contribution >= 0.6 is 0 Å². The summed E-state index contributed by atoms with van der Waals surface area (Å²) in [5, 5.41) is 30.1. The summed E-state index contributed by atoms with van der Waals surface area (Å²) in [6.07, 6.45) is 4.77. The third-order valence-electron chi connectivity index (χ3n) is 4.49. The van der Waals surface area contributed by atoms with Gasteiger partial charge in [-0.3, -0.25) is 15.0 Å². The van der Waals surface area contributed by atoms with Crippen molar-refractivity contribution in [3.8, 4) is 0 Å². The first-order valence-electron chi connectivity index (χ1n) is 9.82. The fourth-order valence-corrected chi connectivity index (χ4v) is 2.80. The van der Waals surface area contributed by atoms with Crippen LogP contribution in [0.2, 0.25) is 0 Å². The number of nitrogens with two attached hydrogens (primary N) is 1. The highest BCUT2D eigenvalue weighted by Gasteiger charge is 2.33. The smallest absolute Gasteiger partial charge is 0.414 e. The van der Waals surface area contributed by atoms with E-state index in [-0.39, 0.29) is 17.8 Å². The second kappa shape index (κ2) is 14.7. The summed E-state index contributed by atoms with van der Waals surface area (Å²) in [6.45, 7) is 5.66. The van der Waals surface area contributed by atoms with E-state index in [0.29, 0.717) is 32.4 Å². The maximum Gasteiger partial charge on any atom is 0.414 e. The Morgan fingerprint density at radius 3 is 2.36 bits per heavy atom. The highest BCUT2D eigenvalue weighted by Crippen LogP contribution is 2.20. The van der Waals surface area contributed by atoms with E-state index in [1.165, 1.54) is 0 Å². The summed E-state index contributed by atoms with van der Waals surface area (Å²) in [5.41, 5.74) is 5.12. The van der Waals surface area contributed by atoms with Gasteiger partial charge in [-0.05, 0) is 38.6 Å². The van der Waals surface area contributed by atoms with Gasteiger partial charge in [0.25, 0.3) is 0 Å². The number of carbonyl (C=O) groups excluding carboxylic acids is 1. The number of unbranched alkanes of at least 4 members (excludes halogenated alkanes) is 2. The van der Waals surface area contributed by atoms with Gasteiger partial charge in [-0.25, -0.2) is 9.69 Å². The largest absolute Gasteiger partial charge is 0.480 e. The number of rotatable bonds is 11. The zero-order valence-electron chi connectivity index (χ0n) is 16.9. The molecule has 1 rings (SSSR count). The summed E-state index contributed by atoms with van der Waals surface area (Å²) < 4.78 is 0. The van der Waals surface area contributed by atoms with Crippen molar-refractivity contribution >= 4 is 23.9 Å². The molecule has 1 fully saturated rings. The third-order valence-corrected chi connectivity index (χ3v) is 4.49. The van der Waals surface area contributed by atoms with Gasteiger partial charge in [-0.15, -0.1) is 0 Å². The minimum absolute atomic E-state index is 0.0638.